The van der Waals surface area contributed by atoms with Crippen molar-refractivity contribution in [1.82, 2.24) is 0 Å². The van der Waals surface area contributed by atoms with E-state index >= 15 is 0 Å². The molecule has 0 amide bonds. The maximum absolute atomic E-state index is 11.5. The summed E-state index contributed by atoms with van der Waals surface area (Å²) >= 11 is 0. The Morgan fingerprint density at radius 2 is 0.831 bits per heavy atom. The van der Waals surface area contributed by atoms with Gasteiger partial charge in [-0.2, -0.15) is 0 Å². The number of ketones is 5. The van der Waals surface area contributed by atoms with Gasteiger partial charge in [0.05, 0.1) is 28.8 Å². The predicted octanol–water partition coefficient (Wildman–Crippen LogP) is 16.0. The fourth-order valence-corrected chi connectivity index (χ4v) is 4.53. The zero-order valence-electron chi connectivity index (χ0n) is 47.4. The molecule has 0 aromatic rings. The van der Waals surface area contributed by atoms with Crippen molar-refractivity contribution in [2.45, 2.75) is 216 Å². The largest absolute Gasteiger partial charge is 0.512 e. The van der Waals surface area contributed by atoms with Crippen molar-refractivity contribution in [3.63, 3.8) is 0 Å². The molecular weight excluding hydrogens is 1790 g/mol. The van der Waals surface area contributed by atoms with Crippen molar-refractivity contribution in [1.29, 1.82) is 0 Å². The van der Waals surface area contributed by atoms with Gasteiger partial charge in [0.2, 0.25) is 0 Å². The van der Waals surface area contributed by atoms with Crippen LogP contribution in [0.15, 0.2) is 59.2 Å². The number of carbonyl (C=O) groups excluding carboxylic acids is 5. The Balaban J connectivity index is -0.0000000807. The quantitative estimate of drug-likeness (QED) is 0.0435. The van der Waals surface area contributed by atoms with Crippen molar-refractivity contribution < 1.29 is 150 Å². The van der Waals surface area contributed by atoms with Crippen LogP contribution in [0.4, 0.5) is 0 Å². The number of hydrogen-bond acceptors (Lipinski definition) is 10. The van der Waals surface area contributed by atoms with E-state index < -0.39 is 0 Å². The van der Waals surface area contributed by atoms with E-state index in [1.807, 2.05) is 90.0 Å². The van der Waals surface area contributed by atoms with Crippen molar-refractivity contribution >= 4 is 28.9 Å². The van der Waals surface area contributed by atoms with Crippen LogP contribution in [-0.4, -0.2) is 54.4 Å². The molecule has 0 saturated carbocycles. The minimum Gasteiger partial charge on any atom is -0.512 e. The van der Waals surface area contributed by atoms with E-state index in [4.69, 9.17) is 0 Å². The fourth-order valence-electron chi connectivity index (χ4n) is 4.53. The second kappa shape index (κ2) is 55.5. The van der Waals surface area contributed by atoms with Gasteiger partial charge in [0.15, 0.2) is 28.9 Å². The first-order chi connectivity index (χ1) is 30.3. The first-order valence-electron chi connectivity index (χ1n) is 25.0. The molecule has 0 fully saturated rings. The third-order valence-corrected chi connectivity index (χ3v) is 11.2. The number of carbonyl (C=O) groups is 5. The molecule has 0 rings (SSSR count). The number of hydrogen-bond donors (Lipinski definition) is 5. The SMILES string of the molecule is CC(C)C(O)=CC(=O)C(C)C(C)C.CCC(=O)C=C(O)C(C)CC.CCC(C)CC(=O)C=C(O)C(C)CC.CCC(C)CCC(=O)C=C(O)C(C)C.CCCC(=O)C=C(O)CCC(C)(C)C.[Ir].[Ir].[Ir].[Ir].[Ir]. The summed E-state index contributed by atoms with van der Waals surface area (Å²) in [6.07, 6.45) is 16.0. The van der Waals surface area contributed by atoms with Gasteiger partial charge < -0.3 is 25.5 Å². The summed E-state index contributed by atoms with van der Waals surface area (Å²) in [6.45, 7) is 39.6. The van der Waals surface area contributed by atoms with Crippen molar-refractivity contribution in [2.75, 3.05) is 0 Å². The van der Waals surface area contributed by atoms with Gasteiger partial charge in [0.1, 0.15) is 0 Å². The Kier molecular flexibility index (Phi) is 72.6. The van der Waals surface area contributed by atoms with E-state index in [0.717, 1.165) is 44.9 Å². The van der Waals surface area contributed by atoms with Crippen LogP contribution in [-0.2, 0) is 124 Å². The van der Waals surface area contributed by atoms with Gasteiger partial charge in [0, 0.05) is 193 Å². The molecule has 5 radical (unpaired) electrons. The van der Waals surface area contributed by atoms with E-state index in [1.165, 1.54) is 30.4 Å². The predicted molar refractivity (Wildman–Crippen MR) is 278 cm³/mol. The first-order valence-corrected chi connectivity index (χ1v) is 25.0. The summed E-state index contributed by atoms with van der Waals surface area (Å²) in [5.41, 5.74) is 0.204. The second-order valence-electron chi connectivity index (χ2n) is 20.1. The van der Waals surface area contributed by atoms with Crippen molar-refractivity contribution in [3.05, 3.63) is 59.2 Å². The van der Waals surface area contributed by atoms with Crippen LogP contribution in [0.25, 0.3) is 0 Å². The van der Waals surface area contributed by atoms with E-state index in [0.29, 0.717) is 49.9 Å². The van der Waals surface area contributed by atoms with Crippen LogP contribution in [0.3, 0.4) is 0 Å². The molecule has 5 atom stereocenters. The van der Waals surface area contributed by atoms with E-state index in [9.17, 15) is 49.5 Å². The standard InChI is InChI=1S/3C12H22O2.C11H20O2.C9H16O2.5Ir/c1-5-10(4)6-7-11(13)8-12(14)9(2)3;1-5-6-10(13)9-11(14)7-8-12(2,3)4;1-5-9(3)7-11(13)8-12(14)10(4)6-2;1-7(2)9(5)11(13)6-10(12)8(3)4;1-4-7(3)9(11)6-8(10)5-2;;;;;/h8-10,14H,5-7H2,1-4H3;9,14H,5-8H2,1-4H3;8-10,14H,5-7H2,1-4H3;6-9,12H,1-5H3;6-7,11H,4-5H2,1-3H3;;;;;. The monoisotopic (exact) mass is 1900 g/mol. The molecule has 15 heteroatoms. The van der Waals surface area contributed by atoms with Gasteiger partial charge >= 0.3 is 0 Å². The molecule has 0 bridgehead atoms. The smallest absolute Gasteiger partial charge is 0.162 e. The van der Waals surface area contributed by atoms with Crippen LogP contribution < -0.4 is 0 Å². The van der Waals surface area contributed by atoms with Gasteiger partial charge in [-0.15, -0.1) is 0 Å². The van der Waals surface area contributed by atoms with Gasteiger partial charge in [-0.3, -0.25) is 24.0 Å². The van der Waals surface area contributed by atoms with Crippen LogP contribution in [0.2, 0.25) is 0 Å². The molecule has 0 aliphatic rings. The Hall–Kier alpha value is -0.703. The third kappa shape index (κ3) is 61.7. The van der Waals surface area contributed by atoms with Gasteiger partial charge in [-0.25, -0.2) is 0 Å². The molecule has 431 valence electrons. The molecular formula is C56H102Ir5O10. The first kappa shape index (κ1) is 92.8. The van der Waals surface area contributed by atoms with Crippen LogP contribution in [0, 0.1) is 52.8 Å². The Labute approximate surface area is 502 Å². The normalized spacial score (nSPS) is 13.7. The fraction of sp³-hybridized carbons (Fsp3) is 0.732. The van der Waals surface area contributed by atoms with E-state index in [2.05, 4.69) is 41.5 Å². The molecule has 71 heavy (non-hydrogen) atoms. The molecule has 0 aliphatic heterocycles. The molecule has 10 nitrogen and oxygen atoms in total. The Bertz CT molecular complexity index is 1530. The molecule has 0 aliphatic carbocycles. The van der Waals surface area contributed by atoms with Gasteiger partial charge in [-0.05, 0) is 55.3 Å². The van der Waals surface area contributed by atoms with Crippen molar-refractivity contribution in [3.8, 4) is 0 Å². The van der Waals surface area contributed by atoms with Crippen LogP contribution >= 0.6 is 0 Å². The number of rotatable bonds is 25. The summed E-state index contributed by atoms with van der Waals surface area (Å²) in [5, 5.41) is 47.0. The summed E-state index contributed by atoms with van der Waals surface area (Å²) in [5.74, 6) is 2.71. The summed E-state index contributed by atoms with van der Waals surface area (Å²) in [6, 6.07) is 0. The maximum Gasteiger partial charge on any atom is 0.162 e. The minimum absolute atomic E-state index is 0. The molecule has 0 heterocycles. The Morgan fingerprint density at radius 3 is 1.17 bits per heavy atom. The van der Waals surface area contributed by atoms with Crippen LogP contribution in [0.5, 0.6) is 0 Å². The number of aliphatic hydroxyl groups excluding tert-OH is 5. The molecule has 0 spiro atoms. The molecule has 5 unspecified atom stereocenters. The number of aliphatic hydroxyl groups is 5. The minimum atomic E-state index is -0.0131. The molecule has 5 N–H and O–H groups in total. The zero-order chi connectivity index (χ0) is 52.9. The summed E-state index contributed by atoms with van der Waals surface area (Å²) in [4.78, 5) is 56.2. The summed E-state index contributed by atoms with van der Waals surface area (Å²) in [7, 11) is 0. The average molecular weight is 1900 g/mol. The van der Waals surface area contributed by atoms with E-state index in [-0.39, 0.29) is 193 Å². The van der Waals surface area contributed by atoms with Gasteiger partial charge in [-0.1, -0.05) is 151 Å². The van der Waals surface area contributed by atoms with E-state index in [1.54, 1.807) is 6.92 Å². The Morgan fingerprint density at radius 1 is 0.451 bits per heavy atom. The topological polar surface area (TPSA) is 186 Å². The molecule has 0 aromatic heterocycles. The molecule has 0 aromatic carbocycles. The van der Waals surface area contributed by atoms with Crippen molar-refractivity contribution in [2.24, 2.45) is 52.8 Å². The third-order valence-electron chi connectivity index (χ3n) is 11.2. The molecule has 0 saturated heterocycles. The van der Waals surface area contributed by atoms with Gasteiger partial charge in [0.25, 0.3) is 0 Å². The average Bonchev–Trinajstić information content (AvgIpc) is 3.23. The maximum atomic E-state index is 11.5. The zero-order valence-corrected chi connectivity index (χ0v) is 59.4. The summed E-state index contributed by atoms with van der Waals surface area (Å²) < 4.78 is 0. The number of allylic oxidation sites excluding steroid dienone is 10. The van der Waals surface area contributed by atoms with Crippen LogP contribution in [0.1, 0.15) is 216 Å². The second-order valence-corrected chi connectivity index (χ2v) is 20.1.